The summed E-state index contributed by atoms with van der Waals surface area (Å²) in [6.45, 7) is 6.61. The monoisotopic (exact) mass is 298 g/mol. The summed E-state index contributed by atoms with van der Waals surface area (Å²) in [6.07, 6.45) is 3.69. The van der Waals surface area contributed by atoms with E-state index in [1.54, 1.807) is 27.7 Å². The lowest BCUT2D eigenvalue weighted by molar-refractivity contribution is -0.147. The Kier molecular flexibility index (Phi) is 5.75. The van der Waals surface area contributed by atoms with Gasteiger partial charge in [0.1, 0.15) is 12.6 Å². The molecule has 1 aliphatic carbocycles. The third-order valence-electron chi connectivity index (χ3n) is 3.75. The number of nitrogens with one attached hydrogen (secondary N) is 1. The van der Waals surface area contributed by atoms with E-state index in [4.69, 9.17) is 5.11 Å². The molecule has 2 N–H and O–H groups in total. The number of aliphatic carboxylic acids is 1. The molecule has 1 unspecified atom stereocenters. The number of carbonyl (C=O) groups is 3. The molecule has 1 atom stereocenters. The van der Waals surface area contributed by atoms with Crippen LogP contribution in [0.4, 0.5) is 0 Å². The van der Waals surface area contributed by atoms with Crippen molar-refractivity contribution in [2.75, 3.05) is 6.54 Å². The summed E-state index contributed by atoms with van der Waals surface area (Å²) in [7, 11) is 0. The molecule has 1 saturated carbocycles. The molecule has 6 heteroatoms. The second kappa shape index (κ2) is 6.91. The van der Waals surface area contributed by atoms with E-state index in [0.29, 0.717) is 0 Å². The maximum atomic E-state index is 12.5. The first-order valence-electron chi connectivity index (χ1n) is 7.46. The Morgan fingerprint density at radius 1 is 1.24 bits per heavy atom. The number of carboxylic acids is 1. The Balaban J connectivity index is 2.74. The highest BCUT2D eigenvalue weighted by molar-refractivity contribution is 5.90. The molecular formula is C15H26N2O4. The van der Waals surface area contributed by atoms with Gasteiger partial charge in [0.2, 0.25) is 11.8 Å². The van der Waals surface area contributed by atoms with Gasteiger partial charge in [-0.1, -0.05) is 33.6 Å². The van der Waals surface area contributed by atoms with Crippen LogP contribution in [-0.2, 0) is 14.4 Å². The minimum absolute atomic E-state index is 0.0254. The lowest BCUT2D eigenvalue weighted by Gasteiger charge is -2.31. The van der Waals surface area contributed by atoms with Crippen LogP contribution in [0.2, 0.25) is 0 Å². The fraction of sp³-hybridized carbons (Fsp3) is 0.800. The Hall–Kier alpha value is -1.59. The molecule has 0 heterocycles. The highest BCUT2D eigenvalue weighted by Crippen LogP contribution is 2.24. The maximum absolute atomic E-state index is 12.5. The summed E-state index contributed by atoms with van der Waals surface area (Å²) < 4.78 is 0. The molecule has 0 spiro atoms. The summed E-state index contributed by atoms with van der Waals surface area (Å²) in [4.78, 5) is 36.8. The Bertz CT molecular complexity index is 408. The van der Waals surface area contributed by atoms with Gasteiger partial charge in [-0.15, -0.1) is 0 Å². The molecule has 21 heavy (non-hydrogen) atoms. The number of hydrogen-bond donors (Lipinski definition) is 2. The SMILES string of the molecule is CC(NC(=O)C(C)(C)C)C(=O)N(CC(=O)O)C1CCCC1. The largest absolute Gasteiger partial charge is 0.480 e. The van der Waals surface area contributed by atoms with E-state index < -0.39 is 17.4 Å². The van der Waals surface area contributed by atoms with Crippen LogP contribution in [0.25, 0.3) is 0 Å². The van der Waals surface area contributed by atoms with Crippen LogP contribution in [0.5, 0.6) is 0 Å². The van der Waals surface area contributed by atoms with Gasteiger partial charge in [0.15, 0.2) is 0 Å². The second-order valence-electron chi connectivity index (χ2n) is 6.74. The van der Waals surface area contributed by atoms with Crippen LogP contribution >= 0.6 is 0 Å². The van der Waals surface area contributed by atoms with Crippen molar-refractivity contribution in [2.24, 2.45) is 5.41 Å². The first kappa shape index (κ1) is 17.5. The third kappa shape index (κ3) is 5.02. The molecule has 1 rings (SSSR count). The molecule has 0 bridgehead atoms. The molecule has 0 aliphatic heterocycles. The van der Waals surface area contributed by atoms with Crippen LogP contribution in [0, 0.1) is 5.41 Å². The number of rotatable bonds is 5. The highest BCUT2D eigenvalue weighted by atomic mass is 16.4. The molecule has 0 aromatic rings. The van der Waals surface area contributed by atoms with Crippen LogP contribution in [0.3, 0.4) is 0 Å². The van der Waals surface area contributed by atoms with Gasteiger partial charge >= 0.3 is 5.97 Å². The Morgan fingerprint density at radius 3 is 2.19 bits per heavy atom. The summed E-state index contributed by atoms with van der Waals surface area (Å²) in [5.41, 5.74) is -0.584. The number of nitrogens with zero attached hydrogens (tertiary/aromatic N) is 1. The van der Waals surface area contributed by atoms with Gasteiger partial charge in [-0.25, -0.2) is 0 Å². The van der Waals surface area contributed by atoms with Crippen LogP contribution in [-0.4, -0.2) is 46.4 Å². The molecule has 120 valence electrons. The van der Waals surface area contributed by atoms with E-state index in [2.05, 4.69) is 5.32 Å². The zero-order chi connectivity index (χ0) is 16.2. The van der Waals surface area contributed by atoms with Gasteiger partial charge < -0.3 is 15.3 Å². The molecular weight excluding hydrogens is 272 g/mol. The lowest BCUT2D eigenvalue weighted by atomic mass is 9.95. The van der Waals surface area contributed by atoms with E-state index in [9.17, 15) is 14.4 Å². The molecule has 2 amide bonds. The predicted octanol–water partition coefficient (Wildman–Crippen LogP) is 1.39. The van der Waals surface area contributed by atoms with E-state index in [0.717, 1.165) is 25.7 Å². The third-order valence-corrected chi connectivity index (χ3v) is 3.75. The van der Waals surface area contributed by atoms with Crippen molar-refractivity contribution in [3.8, 4) is 0 Å². The Morgan fingerprint density at radius 2 is 1.76 bits per heavy atom. The number of carboxylic acid groups (broad SMARTS) is 1. The zero-order valence-electron chi connectivity index (χ0n) is 13.3. The fourth-order valence-corrected chi connectivity index (χ4v) is 2.47. The topological polar surface area (TPSA) is 86.7 Å². The zero-order valence-corrected chi connectivity index (χ0v) is 13.3. The first-order chi connectivity index (χ1) is 9.62. The molecule has 0 aromatic carbocycles. The van der Waals surface area contributed by atoms with Crippen molar-refractivity contribution in [2.45, 2.75) is 65.5 Å². The number of hydrogen-bond acceptors (Lipinski definition) is 3. The van der Waals surface area contributed by atoms with Crippen molar-refractivity contribution >= 4 is 17.8 Å². The summed E-state index contributed by atoms with van der Waals surface area (Å²) >= 11 is 0. The van der Waals surface area contributed by atoms with Gasteiger partial charge in [0.05, 0.1) is 0 Å². The van der Waals surface area contributed by atoms with E-state index in [-0.39, 0.29) is 24.4 Å². The van der Waals surface area contributed by atoms with Crippen LogP contribution in [0.1, 0.15) is 53.4 Å². The van der Waals surface area contributed by atoms with Crippen molar-refractivity contribution in [1.82, 2.24) is 10.2 Å². The predicted molar refractivity (Wildman–Crippen MR) is 78.7 cm³/mol. The smallest absolute Gasteiger partial charge is 0.323 e. The number of amides is 2. The standard InChI is InChI=1S/C15H26N2O4/c1-10(16-14(21)15(2,3)4)13(20)17(9-12(18)19)11-7-5-6-8-11/h10-11H,5-9H2,1-4H3,(H,16,21)(H,18,19). The number of carbonyl (C=O) groups excluding carboxylic acids is 2. The average Bonchev–Trinajstić information content (AvgIpc) is 2.87. The van der Waals surface area contributed by atoms with E-state index in [1.807, 2.05) is 0 Å². The van der Waals surface area contributed by atoms with E-state index >= 15 is 0 Å². The maximum Gasteiger partial charge on any atom is 0.323 e. The van der Waals surface area contributed by atoms with Gasteiger partial charge in [-0.3, -0.25) is 14.4 Å². The molecule has 6 nitrogen and oxygen atoms in total. The van der Waals surface area contributed by atoms with Gasteiger partial charge in [-0.05, 0) is 19.8 Å². The van der Waals surface area contributed by atoms with Gasteiger partial charge in [0, 0.05) is 11.5 Å². The van der Waals surface area contributed by atoms with Crippen molar-refractivity contribution in [1.29, 1.82) is 0 Å². The highest BCUT2D eigenvalue weighted by Gasteiger charge is 2.33. The summed E-state index contributed by atoms with van der Waals surface area (Å²) in [6, 6.07) is -0.737. The average molecular weight is 298 g/mol. The van der Waals surface area contributed by atoms with Crippen molar-refractivity contribution in [3.63, 3.8) is 0 Å². The van der Waals surface area contributed by atoms with Crippen molar-refractivity contribution < 1.29 is 19.5 Å². The Labute approximate surface area is 125 Å². The second-order valence-corrected chi connectivity index (χ2v) is 6.74. The van der Waals surface area contributed by atoms with Crippen LogP contribution < -0.4 is 5.32 Å². The van der Waals surface area contributed by atoms with E-state index in [1.165, 1.54) is 4.90 Å². The van der Waals surface area contributed by atoms with Gasteiger partial charge in [-0.2, -0.15) is 0 Å². The first-order valence-corrected chi connectivity index (χ1v) is 7.46. The summed E-state index contributed by atoms with van der Waals surface area (Å²) in [5.74, 6) is -1.56. The minimum atomic E-state index is -1.02. The lowest BCUT2D eigenvalue weighted by Crippen LogP contribution is -2.53. The fourth-order valence-electron chi connectivity index (χ4n) is 2.47. The molecule has 1 fully saturated rings. The minimum Gasteiger partial charge on any atom is -0.480 e. The molecule has 1 aliphatic rings. The molecule has 0 radical (unpaired) electrons. The van der Waals surface area contributed by atoms with Crippen molar-refractivity contribution in [3.05, 3.63) is 0 Å². The quantitative estimate of drug-likeness (QED) is 0.803. The molecule has 0 aromatic heterocycles. The normalized spacial score (nSPS) is 17.3. The molecule has 0 saturated heterocycles. The van der Waals surface area contributed by atoms with Gasteiger partial charge in [0.25, 0.3) is 0 Å². The van der Waals surface area contributed by atoms with Crippen LogP contribution in [0.15, 0.2) is 0 Å². The summed E-state index contributed by atoms with van der Waals surface area (Å²) in [5, 5.41) is 11.7.